The molecule has 2 rings (SSSR count). The van der Waals surface area contributed by atoms with Gasteiger partial charge >= 0.3 is 6.09 Å². The molecular formula is C17H26N4O4. The second kappa shape index (κ2) is 7.30. The Morgan fingerprint density at radius 2 is 2.00 bits per heavy atom. The van der Waals surface area contributed by atoms with Gasteiger partial charge in [0.15, 0.2) is 0 Å². The Morgan fingerprint density at radius 1 is 1.32 bits per heavy atom. The number of carbonyl (C=O) groups is 3. The van der Waals surface area contributed by atoms with Crippen molar-refractivity contribution in [3.63, 3.8) is 0 Å². The number of carbonyl (C=O) groups excluding carboxylic acids is 3. The summed E-state index contributed by atoms with van der Waals surface area (Å²) < 4.78 is 5.25. The van der Waals surface area contributed by atoms with E-state index in [9.17, 15) is 19.6 Å². The van der Waals surface area contributed by atoms with Gasteiger partial charge in [-0.25, -0.2) is 4.79 Å². The number of ether oxygens (including phenoxy) is 1. The second-order valence-corrected chi connectivity index (χ2v) is 7.56. The summed E-state index contributed by atoms with van der Waals surface area (Å²) in [4.78, 5) is 38.4. The monoisotopic (exact) mass is 350 g/mol. The molecule has 25 heavy (non-hydrogen) atoms. The SMILES string of the molecule is CNC(=O)[C@H]1C[C@@H]1[C@H](NC(=O)OC(C)(C)C)C(=O)N1CCCC1C#N. The summed E-state index contributed by atoms with van der Waals surface area (Å²) in [5.74, 6) is -1.05. The van der Waals surface area contributed by atoms with Gasteiger partial charge in [0.25, 0.3) is 0 Å². The number of nitrogens with one attached hydrogen (secondary N) is 2. The summed E-state index contributed by atoms with van der Waals surface area (Å²) in [6.45, 7) is 5.70. The van der Waals surface area contributed by atoms with Gasteiger partial charge in [-0.2, -0.15) is 5.26 Å². The molecule has 0 aromatic rings. The topological polar surface area (TPSA) is 112 Å². The van der Waals surface area contributed by atoms with Crippen LogP contribution >= 0.6 is 0 Å². The van der Waals surface area contributed by atoms with Crippen molar-refractivity contribution in [2.24, 2.45) is 11.8 Å². The highest BCUT2D eigenvalue weighted by Crippen LogP contribution is 2.42. The van der Waals surface area contributed by atoms with Gasteiger partial charge in [-0.15, -0.1) is 0 Å². The van der Waals surface area contributed by atoms with Crippen LogP contribution in [0.2, 0.25) is 0 Å². The Hall–Kier alpha value is -2.30. The van der Waals surface area contributed by atoms with E-state index < -0.39 is 23.8 Å². The molecule has 0 radical (unpaired) electrons. The zero-order valence-corrected chi connectivity index (χ0v) is 15.2. The van der Waals surface area contributed by atoms with Crippen molar-refractivity contribution in [1.29, 1.82) is 5.26 Å². The predicted molar refractivity (Wildman–Crippen MR) is 89.2 cm³/mol. The molecule has 138 valence electrons. The van der Waals surface area contributed by atoms with Crippen molar-refractivity contribution in [1.82, 2.24) is 15.5 Å². The fraction of sp³-hybridized carbons (Fsp3) is 0.765. The normalized spacial score (nSPS) is 26.4. The minimum Gasteiger partial charge on any atom is -0.444 e. The van der Waals surface area contributed by atoms with Gasteiger partial charge in [-0.1, -0.05) is 0 Å². The number of likely N-dealkylation sites (tertiary alicyclic amines) is 1. The van der Waals surface area contributed by atoms with E-state index in [-0.39, 0.29) is 23.7 Å². The maximum absolute atomic E-state index is 12.9. The molecule has 0 aromatic carbocycles. The van der Waals surface area contributed by atoms with Crippen LogP contribution < -0.4 is 10.6 Å². The lowest BCUT2D eigenvalue weighted by Crippen LogP contribution is -2.52. The fourth-order valence-corrected chi connectivity index (χ4v) is 3.20. The molecule has 2 fully saturated rings. The van der Waals surface area contributed by atoms with Gasteiger partial charge in [-0.3, -0.25) is 9.59 Å². The molecule has 1 unspecified atom stereocenters. The van der Waals surface area contributed by atoms with Crippen LogP contribution in [-0.4, -0.2) is 54.1 Å². The molecule has 0 aromatic heterocycles. The third-order valence-electron chi connectivity index (χ3n) is 4.47. The summed E-state index contributed by atoms with van der Waals surface area (Å²) in [5, 5.41) is 14.4. The summed E-state index contributed by atoms with van der Waals surface area (Å²) in [6.07, 6.45) is 1.22. The van der Waals surface area contributed by atoms with Crippen molar-refractivity contribution >= 4 is 17.9 Å². The molecule has 1 heterocycles. The van der Waals surface area contributed by atoms with Crippen LogP contribution in [0.1, 0.15) is 40.0 Å². The molecule has 2 N–H and O–H groups in total. The average molecular weight is 350 g/mol. The van der Waals surface area contributed by atoms with Gasteiger partial charge in [0.1, 0.15) is 17.7 Å². The molecule has 1 aliphatic carbocycles. The highest BCUT2D eigenvalue weighted by Gasteiger charge is 2.52. The third-order valence-corrected chi connectivity index (χ3v) is 4.47. The maximum atomic E-state index is 12.9. The molecule has 1 saturated carbocycles. The van der Waals surface area contributed by atoms with E-state index in [4.69, 9.17) is 4.74 Å². The molecule has 1 aliphatic heterocycles. The summed E-state index contributed by atoms with van der Waals surface area (Å²) in [5.41, 5.74) is -0.690. The smallest absolute Gasteiger partial charge is 0.408 e. The average Bonchev–Trinajstić information content (AvgIpc) is 3.17. The molecule has 0 bridgehead atoms. The predicted octanol–water partition coefficient (Wildman–Crippen LogP) is 0.776. The molecule has 0 spiro atoms. The van der Waals surface area contributed by atoms with Gasteiger partial charge in [-0.05, 0) is 40.0 Å². The van der Waals surface area contributed by atoms with E-state index in [0.29, 0.717) is 19.4 Å². The van der Waals surface area contributed by atoms with E-state index in [1.807, 2.05) is 0 Å². The van der Waals surface area contributed by atoms with Crippen LogP contribution in [0.5, 0.6) is 0 Å². The maximum Gasteiger partial charge on any atom is 0.408 e. The Labute approximate surface area is 147 Å². The summed E-state index contributed by atoms with van der Waals surface area (Å²) in [6, 6.07) is 0.793. The Morgan fingerprint density at radius 3 is 2.56 bits per heavy atom. The lowest BCUT2D eigenvalue weighted by molar-refractivity contribution is -0.134. The first-order valence-electron chi connectivity index (χ1n) is 8.59. The number of hydrogen-bond acceptors (Lipinski definition) is 5. The van der Waals surface area contributed by atoms with Crippen molar-refractivity contribution in [3.8, 4) is 6.07 Å². The van der Waals surface area contributed by atoms with Crippen LogP contribution in [0.4, 0.5) is 4.79 Å². The van der Waals surface area contributed by atoms with E-state index in [0.717, 1.165) is 6.42 Å². The van der Waals surface area contributed by atoms with Crippen LogP contribution in [0.15, 0.2) is 0 Å². The largest absolute Gasteiger partial charge is 0.444 e. The first kappa shape index (κ1) is 19.0. The lowest BCUT2D eigenvalue weighted by atomic mass is 10.1. The summed E-state index contributed by atoms with van der Waals surface area (Å²) in [7, 11) is 1.54. The second-order valence-electron chi connectivity index (χ2n) is 7.56. The van der Waals surface area contributed by atoms with E-state index in [1.54, 1.807) is 27.8 Å². The number of alkyl carbamates (subject to hydrolysis) is 1. The van der Waals surface area contributed by atoms with Crippen molar-refractivity contribution in [2.75, 3.05) is 13.6 Å². The van der Waals surface area contributed by atoms with Crippen molar-refractivity contribution < 1.29 is 19.1 Å². The van der Waals surface area contributed by atoms with Crippen molar-refractivity contribution in [2.45, 2.75) is 57.7 Å². The molecule has 4 atom stereocenters. The number of amides is 3. The third kappa shape index (κ3) is 4.62. The number of rotatable bonds is 4. The van der Waals surface area contributed by atoms with Gasteiger partial charge in [0.2, 0.25) is 11.8 Å². The standard InChI is InChI=1S/C17H26N4O4/c1-17(2,3)25-16(24)20-13(11-8-12(11)14(22)19-4)15(23)21-7-5-6-10(21)9-18/h10-13H,5-8H2,1-4H3,(H,19,22)(H,20,24)/t10?,11-,12-,13-/m0/s1. The number of nitrogens with zero attached hydrogens (tertiary/aromatic N) is 2. The van der Waals surface area contributed by atoms with Gasteiger partial charge in [0.05, 0.1) is 6.07 Å². The zero-order valence-electron chi connectivity index (χ0n) is 15.2. The Kier molecular flexibility index (Phi) is 5.55. The molecule has 2 aliphatic rings. The fourth-order valence-electron chi connectivity index (χ4n) is 3.20. The molecule has 8 heteroatoms. The lowest BCUT2D eigenvalue weighted by Gasteiger charge is -2.28. The molecule has 3 amide bonds. The van der Waals surface area contributed by atoms with Crippen LogP contribution in [0.3, 0.4) is 0 Å². The number of nitriles is 1. The van der Waals surface area contributed by atoms with E-state index in [2.05, 4.69) is 16.7 Å². The first-order valence-corrected chi connectivity index (χ1v) is 8.59. The Bertz CT molecular complexity index is 592. The molecule has 1 saturated heterocycles. The molecule has 8 nitrogen and oxygen atoms in total. The van der Waals surface area contributed by atoms with Gasteiger partial charge < -0.3 is 20.3 Å². The number of hydrogen-bond donors (Lipinski definition) is 2. The highest BCUT2D eigenvalue weighted by atomic mass is 16.6. The van der Waals surface area contributed by atoms with Crippen LogP contribution in [0, 0.1) is 23.2 Å². The zero-order chi connectivity index (χ0) is 18.8. The van der Waals surface area contributed by atoms with Crippen molar-refractivity contribution in [3.05, 3.63) is 0 Å². The molecular weight excluding hydrogens is 324 g/mol. The van der Waals surface area contributed by atoms with E-state index >= 15 is 0 Å². The quantitative estimate of drug-likeness (QED) is 0.778. The van der Waals surface area contributed by atoms with Crippen LogP contribution in [-0.2, 0) is 14.3 Å². The first-order chi connectivity index (χ1) is 11.7. The van der Waals surface area contributed by atoms with Gasteiger partial charge in [0, 0.05) is 25.4 Å². The minimum atomic E-state index is -0.855. The Balaban J connectivity index is 2.13. The summed E-state index contributed by atoms with van der Waals surface area (Å²) >= 11 is 0. The van der Waals surface area contributed by atoms with E-state index in [1.165, 1.54) is 4.90 Å². The minimum absolute atomic E-state index is 0.146. The highest BCUT2D eigenvalue weighted by molar-refractivity contribution is 5.90. The van der Waals surface area contributed by atoms with Crippen LogP contribution in [0.25, 0.3) is 0 Å².